The summed E-state index contributed by atoms with van der Waals surface area (Å²) in [7, 11) is 0. The van der Waals surface area contributed by atoms with Gasteiger partial charge in [-0.3, -0.25) is 0 Å². The molecule has 24 heavy (non-hydrogen) atoms. The summed E-state index contributed by atoms with van der Waals surface area (Å²) < 4.78 is 0. The molecule has 6 rings (SSSR count). The Labute approximate surface area is 161 Å². The van der Waals surface area contributed by atoms with Crippen LogP contribution in [-0.2, 0) is 0 Å². The third kappa shape index (κ3) is 22.4. The Morgan fingerprint density at radius 2 is 0.167 bits per heavy atom. The van der Waals surface area contributed by atoms with E-state index in [4.69, 9.17) is 0 Å². The molecule has 0 atom stereocenters. The van der Waals surface area contributed by atoms with Crippen LogP contribution in [0.15, 0.2) is 0 Å². The normalized spacial score (nSPS) is 23.0. The highest BCUT2D eigenvalue weighted by Gasteiger charge is 1.97. The zero-order chi connectivity index (χ0) is 16.3. The minimum absolute atomic E-state index is 0. The van der Waals surface area contributed by atoms with Crippen LogP contribution in [0, 0.1) is 0 Å². The van der Waals surface area contributed by atoms with E-state index in [1.807, 2.05) is 0 Å². The van der Waals surface area contributed by atoms with Crippen LogP contribution in [0.1, 0.15) is 148 Å². The van der Waals surface area contributed by atoms with E-state index in [0.29, 0.717) is 0 Å². The minimum atomic E-state index is 0. The van der Waals surface area contributed by atoms with Crippen LogP contribution in [0.3, 0.4) is 0 Å². The van der Waals surface area contributed by atoms with Crippen molar-refractivity contribution in [2.45, 2.75) is 148 Å². The molecule has 6 aliphatic rings. The van der Waals surface area contributed by atoms with E-state index in [9.17, 15) is 0 Å². The maximum Gasteiger partial charge on any atom is -0.0533 e. The van der Waals surface area contributed by atoms with Crippen LogP contribution >= 0.6 is 13.5 Å². The number of hydrogen-bond acceptors (Lipinski definition) is 0. The van der Waals surface area contributed by atoms with Crippen molar-refractivity contribution in [1.82, 2.24) is 0 Å². The Morgan fingerprint density at radius 1 is 0.125 bits per heavy atom. The summed E-state index contributed by atoms with van der Waals surface area (Å²) in [6, 6.07) is 0. The van der Waals surface area contributed by atoms with Gasteiger partial charge in [-0.15, -0.1) is 0 Å². The van der Waals surface area contributed by atoms with Crippen LogP contribution in [0.25, 0.3) is 0 Å². The van der Waals surface area contributed by atoms with E-state index in [-0.39, 0.29) is 13.5 Å². The molecule has 0 saturated heterocycles. The Kier molecular flexibility index (Phi) is 21.7. The van der Waals surface area contributed by atoms with Gasteiger partial charge in [0.15, 0.2) is 0 Å². The topological polar surface area (TPSA) is 0 Å². The van der Waals surface area contributed by atoms with E-state index in [1.54, 1.807) is 0 Å². The van der Waals surface area contributed by atoms with Gasteiger partial charge in [0.2, 0.25) is 0 Å². The Balaban J connectivity index is 0.000000263. The molecular weight excluding hydrogens is 308 g/mol. The third-order valence-electron chi connectivity index (χ3n) is 5.35. The quantitative estimate of drug-likeness (QED) is 0.406. The largest absolute Gasteiger partial charge is 0.197 e. The molecule has 1 heteroatoms. The first kappa shape index (κ1) is 24.4. The van der Waals surface area contributed by atoms with Crippen molar-refractivity contribution in [2.75, 3.05) is 0 Å². The highest BCUT2D eigenvalue weighted by molar-refractivity contribution is 7.59. The number of rotatable bonds is 0. The predicted molar refractivity (Wildman–Crippen MR) is 117 cm³/mol. The fourth-order valence-corrected chi connectivity index (χ4v) is 1.25. The van der Waals surface area contributed by atoms with Gasteiger partial charge in [-0.1, -0.05) is 148 Å². The fraction of sp³-hybridized carbons (Fsp3) is 1.00. The molecule has 0 amide bonds. The molecule has 0 N–H and O–H groups in total. The van der Waals surface area contributed by atoms with Crippen molar-refractivity contribution in [3.8, 4) is 0 Å². The van der Waals surface area contributed by atoms with Crippen molar-refractivity contribution < 1.29 is 0 Å². The second-order valence-corrected chi connectivity index (χ2v) is 8.13. The molecule has 0 aromatic carbocycles. The fourth-order valence-electron chi connectivity index (χ4n) is 1.25. The molecule has 0 aliphatic heterocycles. The SMILES string of the molecule is C1CC1.C1CCC1.C1CCC1.C1CCC1.C1CCC1.C1CCC1.S. The van der Waals surface area contributed by atoms with E-state index in [2.05, 4.69) is 0 Å². The summed E-state index contributed by atoms with van der Waals surface area (Å²) in [6.45, 7) is 0. The molecule has 0 heterocycles. The van der Waals surface area contributed by atoms with Crippen LogP contribution in [0.2, 0.25) is 0 Å². The first-order chi connectivity index (χ1) is 11.5. The average Bonchev–Trinajstić information content (AvgIpc) is 2.82. The molecule has 6 aliphatic carbocycles. The van der Waals surface area contributed by atoms with Crippen molar-refractivity contribution in [2.24, 2.45) is 0 Å². The minimum Gasteiger partial charge on any atom is -0.197 e. The zero-order valence-electron chi connectivity index (χ0n) is 16.8. The van der Waals surface area contributed by atoms with Gasteiger partial charge in [0.05, 0.1) is 0 Å². The zero-order valence-corrected chi connectivity index (χ0v) is 17.8. The Bertz CT molecular complexity index is 123. The highest BCUT2D eigenvalue weighted by Crippen LogP contribution is 2.16. The highest BCUT2D eigenvalue weighted by atomic mass is 32.1. The molecule has 0 nitrogen and oxygen atoms in total. The Hall–Kier alpha value is 0.350. The summed E-state index contributed by atoms with van der Waals surface area (Å²) in [5.41, 5.74) is 0. The molecular formula is C23H48S. The molecule has 0 radical (unpaired) electrons. The van der Waals surface area contributed by atoms with Gasteiger partial charge in [0.1, 0.15) is 0 Å². The first-order valence-corrected chi connectivity index (χ1v) is 11.5. The lowest BCUT2D eigenvalue weighted by atomic mass is 10.0. The average molecular weight is 357 g/mol. The molecule has 6 fully saturated rings. The maximum absolute atomic E-state index is 1.50. The monoisotopic (exact) mass is 356 g/mol. The van der Waals surface area contributed by atoms with Crippen molar-refractivity contribution in [3.05, 3.63) is 0 Å². The van der Waals surface area contributed by atoms with Crippen molar-refractivity contribution in [1.29, 1.82) is 0 Å². The molecule has 0 bridgehead atoms. The summed E-state index contributed by atoms with van der Waals surface area (Å²) in [5, 5.41) is 0. The molecule has 0 spiro atoms. The smallest absolute Gasteiger partial charge is 0.0533 e. The van der Waals surface area contributed by atoms with E-state index in [1.165, 1.54) is 148 Å². The van der Waals surface area contributed by atoms with E-state index < -0.39 is 0 Å². The van der Waals surface area contributed by atoms with Crippen molar-refractivity contribution in [3.63, 3.8) is 0 Å². The lowest BCUT2D eigenvalue weighted by Crippen LogP contribution is -1.85. The van der Waals surface area contributed by atoms with Crippen LogP contribution in [-0.4, -0.2) is 0 Å². The molecule has 146 valence electrons. The van der Waals surface area contributed by atoms with Crippen molar-refractivity contribution >= 4 is 13.5 Å². The molecule has 6 saturated carbocycles. The van der Waals surface area contributed by atoms with Crippen LogP contribution < -0.4 is 0 Å². The van der Waals surface area contributed by atoms with Gasteiger partial charge < -0.3 is 0 Å². The van der Waals surface area contributed by atoms with Gasteiger partial charge >= 0.3 is 0 Å². The summed E-state index contributed by atoms with van der Waals surface area (Å²) in [6.07, 6.45) is 34.5. The Morgan fingerprint density at radius 3 is 0.167 bits per heavy atom. The van der Waals surface area contributed by atoms with Crippen LogP contribution in [0.5, 0.6) is 0 Å². The summed E-state index contributed by atoms with van der Waals surface area (Å²) in [5.74, 6) is 0. The van der Waals surface area contributed by atoms with Gasteiger partial charge in [-0.2, -0.15) is 13.5 Å². The van der Waals surface area contributed by atoms with Gasteiger partial charge in [0.25, 0.3) is 0 Å². The predicted octanol–water partition coefficient (Wildman–Crippen LogP) is 9.09. The van der Waals surface area contributed by atoms with E-state index in [0.717, 1.165) is 0 Å². The molecule has 0 unspecified atom stereocenters. The second-order valence-electron chi connectivity index (χ2n) is 8.13. The maximum atomic E-state index is 1.50. The van der Waals surface area contributed by atoms with E-state index >= 15 is 0 Å². The third-order valence-corrected chi connectivity index (χ3v) is 5.35. The summed E-state index contributed by atoms with van der Waals surface area (Å²) in [4.78, 5) is 0. The summed E-state index contributed by atoms with van der Waals surface area (Å²) >= 11 is 0. The lowest BCUT2D eigenvalue weighted by Gasteiger charge is -2.05. The van der Waals surface area contributed by atoms with Crippen LogP contribution in [0.4, 0.5) is 0 Å². The standard InChI is InChI=1S/5C4H8.C3H6.H2S/c5*1-2-4-3-1;1-2-3-1;/h5*1-4H2;1-3H2;1H2. The second kappa shape index (κ2) is 21.4. The molecule has 0 aromatic heterocycles. The van der Waals surface area contributed by atoms with Gasteiger partial charge in [-0.25, -0.2) is 0 Å². The number of hydrogen-bond donors (Lipinski definition) is 0. The lowest BCUT2D eigenvalue weighted by molar-refractivity contribution is 0.504. The first-order valence-electron chi connectivity index (χ1n) is 11.5. The van der Waals surface area contributed by atoms with Gasteiger partial charge in [0, 0.05) is 0 Å². The van der Waals surface area contributed by atoms with Gasteiger partial charge in [-0.05, 0) is 0 Å². The molecule has 0 aromatic rings.